The van der Waals surface area contributed by atoms with Gasteiger partial charge in [0.25, 0.3) is 0 Å². The van der Waals surface area contributed by atoms with E-state index in [1.165, 1.54) is 11.8 Å². The number of hydrogen-bond acceptors (Lipinski definition) is 5. The topological polar surface area (TPSA) is 70.4 Å². The summed E-state index contributed by atoms with van der Waals surface area (Å²) in [5.41, 5.74) is 0.163. The zero-order valence-corrected chi connectivity index (χ0v) is 17.0. The van der Waals surface area contributed by atoms with Crippen LogP contribution >= 0.6 is 0 Å². The fourth-order valence-corrected chi connectivity index (χ4v) is 3.06. The van der Waals surface area contributed by atoms with Crippen LogP contribution in [-0.4, -0.2) is 43.9 Å². The third-order valence-corrected chi connectivity index (χ3v) is 5.10. The maximum atomic E-state index is 13.3. The van der Waals surface area contributed by atoms with Crippen LogP contribution in [-0.2, 0) is 16.0 Å². The highest BCUT2D eigenvalue weighted by atomic mass is 32.2. The molecule has 0 amide bonds. The van der Waals surface area contributed by atoms with Crippen molar-refractivity contribution in [3.05, 3.63) is 60.3 Å². The van der Waals surface area contributed by atoms with E-state index in [4.69, 9.17) is 9.47 Å². The molecule has 0 atom stereocenters. The predicted molar refractivity (Wildman–Crippen MR) is 106 cm³/mol. The van der Waals surface area contributed by atoms with Crippen LogP contribution in [0.2, 0.25) is 0 Å². The average molecular weight is 440 g/mol. The monoisotopic (exact) mass is 440 g/mol. The van der Waals surface area contributed by atoms with Crippen molar-refractivity contribution in [3.63, 3.8) is 0 Å². The molecule has 0 saturated carbocycles. The first-order valence-electron chi connectivity index (χ1n) is 8.79. The van der Waals surface area contributed by atoms with E-state index in [0.29, 0.717) is 22.7 Å². The smallest absolute Gasteiger partial charge is 0.435 e. The summed E-state index contributed by atoms with van der Waals surface area (Å²) in [5, 5.41) is 3.74. The van der Waals surface area contributed by atoms with Gasteiger partial charge in [-0.05, 0) is 54.6 Å². The fraction of sp³-hybridized carbons (Fsp3) is 0.250. The Morgan fingerprint density at radius 2 is 1.60 bits per heavy atom. The molecule has 1 aromatic heterocycles. The molecule has 0 aliphatic heterocycles. The molecule has 160 valence electrons. The van der Waals surface area contributed by atoms with Crippen LogP contribution in [0.25, 0.3) is 16.9 Å². The zero-order valence-electron chi connectivity index (χ0n) is 16.2. The van der Waals surface area contributed by atoms with Crippen molar-refractivity contribution in [3.8, 4) is 28.4 Å². The lowest BCUT2D eigenvalue weighted by Gasteiger charge is -2.10. The number of ether oxygens (including phenoxy) is 2. The molecular formula is C20H19F3N2O4S. The van der Waals surface area contributed by atoms with Gasteiger partial charge in [-0.15, -0.1) is 0 Å². The molecule has 10 heteroatoms. The molecule has 0 bridgehead atoms. The molecule has 0 N–H and O–H groups in total. The first-order valence-corrected chi connectivity index (χ1v) is 10.9. The molecule has 1 heterocycles. The van der Waals surface area contributed by atoms with Gasteiger partial charge < -0.3 is 9.47 Å². The Morgan fingerprint density at radius 1 is 1.00 bits per heavy atom. The molecule has 0 fully saturated rings. The second kappa shape index (κ2) is 8.39. The highest BCUT2D eigenvalue weighted by Crippen LogP contribution is 2.34. The van der Waals surface area contributed by atoms with Gasteiger partial charge >= 0.3 is 6.18 Å². The zero-order chi connectivity index (χ0) is 21.9. The Kier molecular flexibility index (Phi) is 6.06. The molecule has 0 spiro atoms. The number of rotatable bonds is 7. The van der Waals surface area contributed by atoms with Gasteiger partial charge in [0.05, 0.1) is 24.2 Å². The Morgan fingerprint density at radius 3 is 2.13 bits per heavy atom. The van der Waals surface area contributed by atoms with Gasteiger partial charge in [0, 0.05) is 11.8 Å². The Balaban J connectivity index is 1.92. The van der Waals surface area contributed by atoms with Crippen molar-refractivity contribution in [2.24, 2.45) is 0 Å². The minimum Gasteiger partial charge on any atom is -0.497 e. The summed E-state index contributed by atoms with van der Waals surface area (Å²) in [7, 11) is -1.65. The van der Waals surface area contributed by atoms with Gasteiger partial charge in [-0.3, -0.25) is 0 Å². The van der Waals surface area contributed by atoms with Crippen LogP contribution in [0.1, 0.15) is 5.69 Å². The summed E-state index contributed by atoms with van der Waals surface area (Å²) in [6.07, 6.45) is -3.49. The predicted octanol–water partition coefficient (Wildman–Crippen LogP) is 3.99. The van der Waals surface area contributed by atoms with Crippen molar-refractivity contribution < 1.29 is 31.1 Å². The van der Waals surface area contributed by atoms with Crippen LogP contribution in [0.3, 0.4) is 0 Å². The molecule has 0 aliphatic rings. The van der Waals surface area contributed by atoms with Crippen LogP contribution in [0.5, 0.6) is 11.5 Å². The van der Waals surface area contributed by atoms with Gasteiger partial charge in [0.15, 0.2) is 15.5 Å². The molecule has 2 aromatic carbocycles. The summed E-state index contributed by atoms with van der Waals surface area (Å²) in [6, 6.07) is 13.8. The molecule has 0 unspecified atom stereocenters. The Hall–Kier alpha value is -3.01. The maximum Gasteiger partial charge on any atom is 0.435 e. The summed E-state index contributed by atoms with van der Waals surface area (Å²) >= 11 is 0. The summed E-state index contributed by atoms with van der Waals surface area (Å²) < 4.78 is 73.8. The quantitative estimate of drug-likeness (QED) is 0.556. The molecular weight excluding hydrogens is 421 g/mol. The minimum absolute atomic E-state index is 0.0137. The fourth-order valence-electron chi connectivity index (χ4n) is 2.68. The third kappa shape index (κ3) is 5.32. The van der Waals surface area contributed by atoms with E-state index < -0.39 is 21.7 Å². The number of hydrogen-bond donors (Lipinski definition) is 0. The van der Waals surface area contributed by atoms with Gasteiger partial charge in [-0.1, -0.05) is 0 Å². The van der Waals surface area contributed by atoms with Crippen molar-refractivity contribution in [1.82, 2.24) is 9.78 Å². The van der Waals surface area contributed by atoms with E-state index >= 15 is 0 Å². The van der Waals surface area contributed by atoms with Gasteiger partial charge in [0.1, 0.15) is 18.1 Å². The average Bonchev–Trinajstić information content (AvgIpc) is 3.13. The lowest BCUT2D eigenvalue weighted by Crippen LogP contribution is -2.11. The molecule has 3 aromatic rings. The lowest BCUT2D eigenvalue weighted by molar-refractivity contribution is -0.141. The highest BCUT2D eigenvalue weighted by Gasteiger charge is 2.35. The number of halogens is 3. The normalized spacial score (nSPS) is 12.0. The van der Waals surface area contributed by atoms with Gasteiger partial charge in [-0.25, -0.2) is 13.1 Å². The van der Waals surface area contributed by atoms with Crippen LogP contribution < -0.4 is 9.47 Å². The van der Waals surface area contributed by atoms with Crippen LogP contribution in [0.4, 0.5) is 13.2 Å². The second-order valence-corrected chi connectivity index (χ2v) is 8.78. The van der Waals surface area contributed by atoms with Crippen molar-refractivity contribution in [1.29, 1.82) is 0 Å². The van der Waals surface area contributed by atoms with Crippen molar-refractivity contribution in [2.75, 3.05) is 25.7 Å². The summed E-state index contributed by atoms with van der Waals surface area (Å²) in [4.78, 5) is 0. The number of alkyl halides is 3. The highest BCUT2D eigenvalue weighted by molar-refractivity contribution is 7.90. The number of sulfone groups is 1. The number of nitrogens with zero attached hydrogens (tertiary/aromatic N) is 2. The van der Waals surface area contributed by atoms with Crippen LogP contribution in [0.15, 0.2) is 54.6 Å². The first-order chi connectivity index (χ1) is 14.1. The first kappa shape index (κ1) is 21.7. The molecule has 0 saturated heterocycles. The summed E-state index contributed by atoms with van der Waals surface area (Å²) in [5.74, 6) is 0.849. The van der Waals surface area contributed by atoms with Crippen molar-refractivity contribution in [2.45, 2.75) is 6.18 Å². The van der Waals surface area contributed by atoms with E-state index in [0.717, 1.165) is 12.3 Å². The third-order valence-electron chi connectivity index (χ3n) is 4.19. The molecule has 6 nitrogen and oxygen atoms in total. The van der Waals surface area contributed by atoms with E-state index in [2.05, 4.69) is 5.10 Å². The van der Waals surface area contributed by atoms with Crippen molar-refractivity contribution >= 4 is 9.84 Å². The molecule has 0 radical (unpaired) electrons. The van der Waals surface area contributed by atoms with E-state index in [1.54, 1.807) is 48.5 Å². The van der Waals surface area contributed by atoms with Crippen LogP contribution in [0, 0.1) is 0 Å². The lowest BCUT2D eigenvalue weighted by atomic mass is 10.1. The standard InChI is InChI=1S/C20H19F3N2O4S/c1-28-16-9-5-15(6-10-16)25-18(13-19(24-25)20(21,22)23)14-3-7-17(8-4-14)29-11-12-30(2,26)27/h3-10,13H,11-12H2,1-2H3. The Labute approximate surface area is 171 Å². The second-order valence-electron chi connectivity index (χ2n) is 6.53. The van der Waals surface area contributed by atoms with Gasteiger partial charge in [-0.2, -0.15) is 18.3 Å². The number of methoxy groups -OCH3 is 1. The van der Waals surface area contributed by atoms with E-state index in [-0.39, 0.29) is 18.1 Å². The number of benzene rings is 2. The maximum absolute atomic E-state index is 13.3. The molecule has 0 aliphatic carbocycles. The van der Waals surface area contributed by atoms with E-state index in [1.807, 2.05) is 0 Å². The Bertz CT molecular complexity index is 1110. The van der Waals surface area contributed by atoms with Gasteiger partial charge in [0.2, 0.25) is 0 Å². The minimum atomic E-state index is -4.60. The number of aromatic nitrogens is 2. The molecule has 3 rings (SSSR count). The SMILES string of the molecule is COc1ccc(-n2nc(C(F)(F)F)cc2-c2ccc(OCCS(C)(=O)=O)cc2)cc1. The summed E-state index contributed by atoms with van der Waals surface area (Å²) in [6.45, 7) is -0.0137. The molecule has 30 heavy (non-hydrogen) atoms. The van der Waals surface area contributed by atoms with E-state index in [9.17, 15) is 21.6 Å². The largest absolute Gasteiger partial charge is 0.497 e.